The Hall–Kier alpha value is -3.97. The van der Waals surface area contributed by atoms with E-state index in [1.54, 1.807) is 24.3 Å². The smallest absolute Gasteiger partial charge is 0.456 e. The van der Waals surface area contributed by atoms with E-state index >= 15 is 0 Å². The number of rotatable bonds is 7. The van der Waals surface area contributed by atoms with Crippen LogP contribution in [0.1, 0.15) is 20.8 Å². The van der Waals surface area contributed by atoms with Crippen molar-refractivity contribution >= 4 is 51.5 Å². The lowest BCUT2D eigenvalue weighted by atomic mass is 10.0. The van der Waals surface area contributed by atoms with Gasteiger partial charge in [0.05, 0.1) is 21.3 Å². The number of alkyl halides is 5. The molecule has 0 spiro atoms. The number of pyridine rings is 1. The summed E-state index contributed by atoms with van der Waals surface area (Å²) in [7, 11) is 0. The summed E-state index contributed by atoms with van der Waals surface area (Å²) >= 11 is 12.6. The minimum atomic E-state index is -5.88. The highest BCUT2D eigenvalue weighted by atomic mass is 35.5. The van der Waals surface area contributed by atoms with Crippen LogP contribution in [0.2, 0.25) is 10.0 Å². The number of carbonyl (C=O) groups is 2. The van der Waals surface area contributed by atoms with Gasteiger partial charge < -0.3 is 15.8 Å². The number of fused-ring (bicyclic) bond motifs is 1. The predicted molar refractivity (Wildman–Crippen MR) is 128 cm³/mol. The van der Waals surface area contributed by atoms with Gasteiger partial charge in [-0.3, -0.25) is 9.59 Å². The zero-order chi connectivity index (χ0) is 27.8. The van der Waals surface area contributed by atoms with Crippen LogP contribution in [-0.2, 0) is 0 Å². The summed E-state index contributed by atoms with van der Waals surface area (Å²) in [4.78, 5) is 29.4. The zero-order valence-electron chi connectivity index (χ0n) is 18.7. The van der Waals surface area contributed by atoms with E-state index in [0.717, 1.165) is 10.7 Å². The highest BCUT2D eigenvalue weighted by molar-refractivity contribution is 6.40. The third kappa shape index (κ3) is 5.20. The van der Waals surface area contributed by atoms with Crippen LogP contribution in [0.15, 0.2) is 54.7 Å². The first-order valence-electron chi connectivity index (χ1n) is 10.4. The van der Waals surface area contributed by atoms with Crippen LogP contribution >= 0.6 is 23.2 Å². The number of amides is 2. The molecule has 2 amide bonds. The Morgan fingerprint density at radius 2 is 1.76 bits per heavy atom. The molecular formula is C23H14Cl2F5N5O3. The molecule has 0 aliphatic rings. The van der Waals surface area contributed by atoms with E-state index in [0.29, 0.717) is 10.8 Å². The number of anilines is 1. The molecule has 0 aliphatic carbocycles. The fourth-order valence-corrected chi connectivity index (χ4v) is 3.85. The number of halogens is 7. The first kappa shape index (κ1) is 27.1. The Morgan fingerprint density at radius 1 is 1.05 bits per heavy atom. The van der Waals surface area contributed by atoms with Gasteiger partial charge in [-0.2, -0.15) is 22.0 Å². The van der Waals surface area contributed by atoms with Gasteiger partial charge in [0.2, 0.25) is 5.88 Å². The number of ether oxygens (including phenoxy) is 1. The molecule has 2 aromatic carbocycles. The maximum absolute atomic E-state index is 13.4. The molecule has 0 saturated heterocycles. The van der Waals surface area contributed by atoms with E-state index in [2.05, 4.69) is 20.1 Å². The number of primary amides is 1. The molecule has 198 valence electrons. The standard InChI is InChI=1S/C23H14Cl2F5N5O3/c24-14-6-3-7-32-20(14)35-15(9-16(34-35)38-10-22(26,27)23(28,29)30)21(37)33-18-13(19(31)36)8-11-4-1-2-5-12(11)17(18)25/h1-9H,10H2,(H2,31,36)(H,33,37). The first-order chi connectivity index (χ1) is 17.8. The van der Waals surface area contributed by atoms with Gasteiger partial charge in [0, 0.05) is 17.6 Å². The lowest BCUT2D eigenvalue weighted by Gasteiger charge is -2.18. The summed E-state index contributed by atoms with van der Waals surface area (Å²) in [5.41, 5.74) is 4.70. The summed E-state index contributed by atoms with van der Waals surface area (Å²) in [5.74, 6) is -8.07. The largest absolute Gasteiger partial charge is 0.470 e. The highest BCUT2D eigenvalue weighted by Crippen LogP contribution is 2.37. The van der Waals surface area contributed by atoms with Gasteiger partial charge in [-0.15, -0.1) is 5.10 Å². The topological polar surface area (TPSA) is 112 Å². The molecule has 4 aromatic rings. The molecule has 0 radical (unpaired) electrons. The molecule has 0 aliphatic heterocycles. The number of nitrogens with zero attached hydrogens (tertiary/aromatic N) is 3. The number of hydrogen-bond acceptors (Lipinski definition) is 5. The summed E-state index contributed by atoms with van der Waals surface area (Å²) < 4.78 is 69.8. The molecule has 0 fully saturated rings. The molecule has 4 rings (SSSR count). The minimum absolute atomic E-state index is 0.0338. The molecule has 3 N–H and O–H groups in total. The highest BCUT2D eigenvalue weighted by Gasteiger charge is 2.58. The molecule has 15 heteroatoms. The van der Waals surface area contributed by atoms with Crippen LogP contribution < -0.4 is 15.8 Å². The second-order valence-corrected chi connectivity index (χ2v) is 8.52. The second kappa shape index (κ2) is 10.1. The van der Waals surface area contributed by atoms with Gasteiger partial charge in [0.15, 0.2) is 12.4 Å². The number of nitrogens with two attached hydrogens (primary N) is 1. The average Bonchev–Trinajstić information content (AvgIpc) is 3.28. The Balaban J connectivity index is 1.77. The van der Waals surface area contributed by atoms with Crippen LogP contribution in [0.5, 0.6) is 5.88 Å². The normalized spacial score (nSPS) is 12.0. The van der Waals surface area contributed by atoms with Gasteiger partial charge >= 0.3 is 12.1 Å². The summed E-state index contributed by atoms with van der Waals surface area (Å²) in [6, 6.07) is 11.7. The molecule has 2 aromatic heterocycles. The van der Waals surface area contributed by atoms with Crippen molar-refractivity contribution in [2.75, 3.05) is 11.9 Å². The van der Waals surface area contributed by atoms with Gasteiger partial charge in [0.1, 0.15) is 5.69 Å². The molecule has 2 heterocycles. The third-order valence-electron chi connectivity index (χ3n) is 5.17. The molecular weight excluding hydrogens is 560 g/mol. The van der Waals surface area contributed by atoms with Crippen LogP contribution in [0, 0.1) is 0 Å². The van der Waals surface area contributed by atoms with Crippen LogP contribution in [-0.4, -0.2) is 45.3 Å². The number of hydrogen-bond donors (Lipinski definition) is 2. The molecule has 38 heavy (non-hydrogen) atoms. The van der Waals surface area contributed by atoms with Crippen LogP contribution in [0.25, 0.3) is 16.6 Å². The molecule has 0 unspecified atom stereocenters. The van der Waals surface area contributed by atoms with Crippen LogP contribution in [0.4, 0.5) is 27.6 Å². The van der Waals surface area contributed by atoms with E-state index in [4.69, 9.17) is 28.9 Å². The van der Waals surface area contributed by atoms with Gasteiger partial charge in [-0.05, 0) is 23.6 Å². The van der Waals surface area contributed by atoms with Gasteiger partial charge in [-0.25, -0.2) is 9.67 Å². The maximum Gasteiger partial charge on any atom is 0.456 e. The van der Waals surface area contributed by atoms with E-state index in [1.165, 1.54) is 24.4 Å². The van der Waals surface area contributed by atoms with Crippen LogP contribution in [0.3, 0.4) is 0 Å². The third-order valence-corrected chi connectivity index (χ3v) is 5.85. The maximum atomic E-state index is 13.4. The van der Waals surface area contributed by atoms with Crippen molar-refractivity contribution < 1.29 is 36.3 Å². The van der Waals surface area contributed by atoms with Crippen molar-refractivity contribution in [3.8, 4) is 11.7 Å². The Kier molecular flexibility index (Phi) is 7.17. The number of aromatic nitrogens is 3. The van der Waals surface area contributed by atoms with Crippen molar-refractivity contribution in [2.24, 2.45) is 5.73 Å². The summed E-state index contributed by atoms with van der Waals surface area (Å²) in [6.07, 6.45) is -4.60. The van der Waals surface area contributed by atoms with Gasteiger partial charge in [-0.1, -0.05) is 47.5 Å². The van der Waals surface area contributed by atoms with Crippen molar-refractivity contribution in [3.05, 3.63) is 76.0 Å². The quantitative estimate of drug-likeness (QED) is 0.277. The predicted octanol–water partition coefficient (Wildman–Crippen LogP) is 5.65. The number of benzene rings is 2. The first-order valence-corrected chi connectivity index (χ1v) is 11.2. The number of nitrogens with one attached hydrogen (secondary N) is 1. The van der Waals surface area contributed by atoms with Crippen molar-refractivity contribution in [1.29, 1.82) is 0 Å². The van der Waals surface area contributed by atoms with Crippen molar-refractivity contribution in [2.45, 2.75) is 12.1 Å². The Labute approximate surface area is 220 Å². The van der Waals surface area contributed by atoms with Crippen molar-refractivity contribution in [1.82, 2.24) is 14.8 Å². The minimum Gasteiger partial charge on any atom is -0.470 e. The molecule has 0 atom stereocenters. The van der Waals surface area contributed by atoms with E-state index < -0.39 is 42.1 Å². The fourth-order valence-electron chi connectivity index (χ4n) is 3.33. The Bertz CT molecular complexity index is 1560. The summed E-state index contributed by atoms with van der Waals surface area (Å²) in [5, 5.41) is 7.14. The molecule has 8 nitrogen and oxygen atoms in total. The molecule has 0 saturated carbocycles. The summed E-state index contributed by atoms with van der Waals surface area (Å²) in [6.45, 7) is -2.10. The fraction of sp³-hybridized carbons (Fsp3) is 0.130. The lowest BCUT2D eigenvalue weighted by molar-refractivity contribution is -0.290. The second-order valence-electron chi connectivity index (χ2n) is 7.73. The lowest BCUT2D eigenvalue weighted by Crippen LogP contribution is -2.41. The van der Waals surface area contributed by atoms with Gasteiger partial charge in [0.25, 0.3) is 11.8 Å². The monoisotopic (exact) mass is 573 g/mol. The van der Waals surface area contributed by atoms with E-state index in [9.17, 15) is 31.5 Å². The number of carbonyl (C=O) groups excluding carboxylic acids is 2. The van der Waals surface area contributed by atoms with E-state index in [-0.39, 0.29) is 27.1 Å². The Morgan fingerprint density at radius 3 is 2.42 bits per heavy atom. The molecule has 0 bridgehead atoms. The SMILES string of the molecule is NC(=O)c1cc2ccccc2c(Cl)c1NC(=O)c1cc(OCC(F)(F)C(F)(F)F)nn1-c1ncccc1Cl. The van der Waals surface area contributed by atoms with Crippen molar-refractivity contribution in [3.63, 3.8) is 0 Å². The zero-order valence-corrected chi connectivity index (χ0v) is 20.2. The average molecular weight is 574 g/mol. The van der Waals surface area contributed by atoms with E-state index in [1.807, 2.05) is 0 Å².